The Morgan fingerprint density at radius 2 is 1.96 bits per heavy atom. The molecule has 0 aliphatic carbocycles. The lowest BCUT2D eigenvalue weighted by atomic mass is 10.1. The van der Waals surface area contributed by atoms with Gasteiger partial charge in [-0.05, 0) is 29.8 Å². The predicted octanol–water partition coefficient (Wildman–Crippen LogP) is 3.21. The van der Waals surface area contributed by atoms with E-state index in [2.05, 4.69) is 0 Å². The van der Waals surface area contributed by atoms with Crippen molar-refractivity contribution in [3.8, 4) is 17.2 Å². The van der Waals surface area contributed by atoms with Crippen LogP contribution in [0.3, 0.4) is 0 Å². The van der Waals surface area contributed by atoms with Gasteiger partial charge in [-0.25, -0.2) is 4.79 Å². The summed E-state index contributed by atoms with van der Waals surface area (Å²) in [5.41, 5.74) is 0.737. The summed E-state index contributed by atoms with van der Waals surface area (Å²) in [5, 5.41) is 10.5. The molecule has 0 atom stereocenters. The van der Waals surface area contributed by atoms with Crippen molar-refractivity contribution in [3.63, 3.8) is 0 Å². The number of hydrogen-bond donors (Lipinski definition) is 1. The number of phenols is 1. The van der Waals surface area contributed by atoms with Gasteiger partial charge in [0.15, 0.2) is 11.5 Å². The highest BCUT2D eigenvalue weighted by atomic mass is 35.5. The summed E-state index contributed by atoms with van der Waals surface area (Å²) in [6.07, 6.45) is -0.0173. The summed E-state index contributed by atoms with van der Waals surface area (Å²) >= 11 is 6.18. The van der Waals surface area contributed by atoms with Crippen molar-refractivity contribution >= 4 is 28.5 Å². The van der Waals surface area contributed by atoms with Crippen molar-refractivity contribution in [2.75, 3.05) is 13.2 Å². The molecule has 0 spiro atoms. The van der Waals surface area contributed by atoms with Crippen LogP contribution in [0, 0.1) is 0 Å². The molecule has 0 saturated carbocycles. The Morgan fingerprint density at radius 1 is 1.14 bits per heavy atom. The summed E-state index contributed by atoms with van der Waals surface area (Å²) in [4.78, 5) is 24.0. The van der Waals surface area contributed by atoms with Crippen LogP contribution in [-0.2, 0) is 22.6 Å². The van der Waals surface area contributed by atoms with Crippen LogP contribution in [-0.4, -0.2) is 24.3 Å². The molecule has 144 valence electrons. The van der Waals surface area contributed by atoms with E-state index in [1.54, 1.807) is 18.2 Å². The standard InChI is InChI=1S/C20H15ClO7/c21-15-5-11(6-17-20(15)26-4-3-25-17)7-18(23)27-10-12-8-19(24)28-16-9-13(22)1-2-14(12)16/h1-2,5-6,8-9,22H,3-4,7,10H2. The topological polar surface area (TPSA) is 95.2 Å². The van der Waals surface area contributed by atoms with Gasteiger partial charge in [-0.1, -0.05) is 11.6 Å². The Balaban J connectivity index is 1.49. The van der Waals surface area contributed by atoms with Gasteiger partial charge in [0.2, 0.25) is 0 Å². The molecule has 0 fully saturated rings. The lowest BCUT2D eigenvalue weighted by molar-refractivity contribution is -0.144. The van der Waals surface area contributed by atoms with E-state index in [1.807, 2.05) is 0 Å². The number of rotatable bonds is 4. The monoisotopic (exact) mass is 402 g/mol. The van der Waals surface area contributed by atoms with Crippen LogP contribution in [0.15, 0.2) is 45.6 Å². The van der Waals surface area contributed by atoms with Crippen LogP contribution in [0.2, 0.25) is 5.02 Å². The third-order valence-corrected chi connectivity index (χ3v) is 4.49. The maximum Gasteiger partial charge on any atom is 0.336 e. The number of aromatic hydroxyl groups is 1. The Bertz CT molecular complexity index is 1120. The van der Waals surface area contributed by atoms with Crippen molar-refractivity contribution in [1.29, 1.82) is 0 Å². The molecule has 7 nitrogen and oxygen atoms in total. The highest BCUT2D eigenvalue weighted by molar-refractivity contribution is 6.32. The quantitative estimate of drug-likeness (QED) is 0.528. The van der Waals surface area contributed by atoms with E-state index in [0.717, 1.165) is 0 Å². The van der Waals surface area contributed by atoms with Crippen molar-refractivity contribution in [3.05, 3.63) is 63.0 Å². The number of carbonyl (C=O) groups is 1. The van der Waals surface area contributed by atoms with Crippen LogP contribution in [0.4, 0.5) is 0 Å². The molecular weight excluding hydrogens is 388 g/mol. The molecule has 1 aromatic heterocycles. The minimum atomic E-state index is -0.595. The van der Waals surface area contributed by atoms with Gasteiger partial charge in [-0.15, -0.1) is 0 Å². The Labute approximate surface area is 164 Å². The van der Waals surface area contributed by atoms with Gasteiger partial charge in [0.05, 0.1) is 11.4 Å². The second-order valence-corrected chi connectivity index (χ2v) is 6.62. The number of benzene rings is 2. The van der Waals surface area contributed by atoms with E-state index in [0.29, 0.717) is 46.2 Å². The van der Waals surface area contributed by atoms with Crippen LogP contribution < -0.4 is 15.1 Å². The third-order valence-electron chi connectivity index (χ3n) is 4.21. The second kappa shape index (κ2) is 7.44. The Morgan fingerprint density at radius 3 is 2.82 bits per heavy atom. The van der Waals surface area contributed by atoms with Gasteiger partial charge in [0.1, 0.15) is 31.2 Å². The summed E-state index contributed by atoms with van der Waals surface area (Å²) < 4.78 is 21.3. The number of phenolic OH excluding ortho intramolecular Hbond substituents is 1. The zero-order valence-corrected chi connectivity index (χ0v) is 15.3. The van der Waals surface area contributed by atoms with Gasteiger partial charge in [-0.3, -0.25) is 4.79 Å². The first-order valence-corrected chi connectivity index (χ1v) is 8.87. The molecule has 0 unspecified atom stereocenters. The zero-order valence-electron chi connectivity index (χ0n) is 14.6. The molecule has 8 heteroatoms. The summed E-state index contributed by atoms with van der Waals surface area (Å²) in [7, 11) is 0. The van der Waals surface area contributed by atoms with Crippen molar-refractivity contribution in [2.24, 2.45) is 0 Å². The fourth-order valence-corrected chi connectivity index (χ4v) is 3.27. The van der Waals surface area contributed by atoms with Crippen LogP contribution in [0.5, 0.6) is 17.2 Å². The molecule has 1 aliphatic rings. The zero-order chi connectivity index (χ0) is 19.7. The molecule has 1 aliphatic heterocycles. The van der Waals surface area contributed by atoms with Crippen LogP contribution >= 0.6 is 11.6 Å². The molecule has 2 aromatic carbocycles. The molecule has 0 amide bonds. The van der Waals surface area contributed by atoms with E-state index in [4.69, 9.17) is 30.2 Å². The number of ether oxygens (including phenoxy) is 3. The second-order valence-electron chi connectivity index (χ2n) is 6.21. The first-order chi connectivity index (χ1) is 13.5. The molecule has 3 aromatic rings. The third kappa shape index (κ3) is 3.75. The maximum atomic E-state index is 12.3. The number of carbonyl (C=O) groups excluding carboxylic acids is 1. The van der Waals surface area contributed by atoms with E-state index < -0.39 is 11.6 Å². The molecule has 28 heavy (non-hydrogen) atoms. The van der Waals surface area contributed by atoms with Gasteiger partial charge >= 0.3 is 11.6 Å². The molecule has 4 rings (SSSR count). The Kier molecular flexibility index (Phi) is 4.83. The van der Waals surface area contributed by atoms with E-state index in [9.17, 15) is 14.7 Å². The number of halogens is 1. The predicted molar refractivity (Wildman–Crippen MR) is 100 cm³/mol. The van der Waals surface area contributed by atoms with Crippen LogP contribution in [0.1, 0.15) is 11.1 Å². The fraction of sp³-hybridized carbons (Fsp3) is 0.200. The highest BCUT2D eigenvalue weighted by Crippen LogP contribution is 2.38. The molecule has 0 bridgehead atoms. The van der Waals surface area contributed by atoms with Gasteiger partial charge in [-0.2, -0.15) is 0 Å². The lowest BCUT2D eigenvalue weighted by Gasteiger charge is -2.20. The molecule has 0 saturated heterocycles. The average Bonchev–Trinajstić information content (AvgIpc) is 2.65. The van der Waals surface area contributed by atoms with Crippen LogP contribution in [0.25, 0.3) is 11.0 Å². The highest BCUT2D eigenvalue weighted by Gasteiger charge is 2.18. The molecule has 0 radical (unpaired) electrons. The molecule has 1 N–H and O–H groups in total. The normalized spacial score (nSPS) is 12.8. The largest absolute Gasteiger partial charge is 0.508 e. The number of fused-ring (bicyclic) bond motifs is 2. The summed E-state index contributed by atoms with van der Waals surface area (Å²) in [6.45, 7) is 0.728. The first kappa shape index (κ1) is 18.2. The van der Waals surface area contributed by atoms with Crippen molar-refractivity contribution in [2.45, 2.75) is 13.0 Å². The Hall–Kier alpha value is -3.19. The molecule has 2 heterocycles. The van der Waals surface area contributed by atoms with E-state index in [-0.39, 0.29) is 24.4 Å². The summed E-state index contributed by atoms with van der Waals surface area (Å²) in [6, 6.07) is 8.97. The van der Waals surface area contributed by atoms with Gasteiger partial charge < -0.3 is 23.7 Å². The van der Waals surface area contributed by atoms with Crippen molar-refractivity contribution < 1.29 is 28.5 Å². The minimum Gasteiger partial charge on any atom is -0.508 e. The fourth-order valence-electron chi connectivity index (χ4n) is 2.98. The number of hydrogen-bond acceptors (Lipinski definition) is 7. The molecular formula is C20H15ClO7. The lowest BCUT2D eigenvalue weighted by Crippen LogP contribution is -2.16. The SMILES string of the molecule is O=C(Cc1cc(Cl)c2c(c1)OCCO2)OCc1cc(=O)oc2cc(O)ccc12. The average molecular weight is 403 g/mol. The van der Waals surface area contributed by atoms with E-state index >= 15 is 0 Å². The number of esters is 1. The smallest absolute Gasteiger partial charge is 0.336 e. The van der Waals surface area contributed by atoms with E-state index in [1.165, 1.54) is 18.2 Å². The minimum absolute atomic E-state index is 0.0173. The van der Waals surface area contributed by atoms with Gasteiger partial charge in [0, 0.05) is 23.1 Å². The van der Waals surface area contributed by atoms with Gasteiger partial charge in [0.25, 0.3) is 0 Å². The summed E-state index contributed by atoms with van der Waals surface area (Å²) in [5.74, 6) is 0.442. The first-order valence-electron chi connectivity index (χ1n) is 8.49. The maximum absolute atomic E-state index is 12.3. The van der Waals surface area contributed by atoms with Crippen molar-refractivity contribution in [1.82, 2.24) is 0 Å².